The summed E-state index contributed by atoms with van der Waals surface area (Å²) in [6.07, 6.45) is 0.707. The molecule has 0 aliphatic rings. The third-order valence-corrected chi connectivity index (χ3v) is 2.13. The molecule has 1 aromatic rings. The summed E-state index contributed by atoms with van der Waals surface area (Å²) in [4.78, 5) is 0. The van der Waals surface area contributed by atoms with Crippen molar-refractivity contribution in [2.45, 2.75) is 32.7 Å². The molecular formula is C12H18N2O. The third kappa shape index (κ3) is 4.02. The van der Waals surface area contributed by atoms with Gasteiger partial charge in [0, 0.05) is 17.6 Å². The fraction of sp³-hybridized carbons (Fsp3) is 0.417. The van der Waals surface area contributed by atoms with Crippen LogP contribution in [-0.2, 0) is 0 Å². The van der Waals surface area contributed by atoms with E-state index < -0.39 is 0 Å². The second-order valence-electron chi connectivity index (χ2n) is 4.39. The maximum Gasteiger partial charge on any atom is 0.0563 e. The molecule has 0 saturated carbocycles. The molecule has 82 valence electrons. The van der Waals surface area contributed by atoms with Crippen LogP contribution in [-0.4, -0.2) is 16.5 Å². The molecule has 15 heavy (non-hydrogen) atoms. The Balaban J connectivity index is 2.64. The first-order valence-corrected chi connectivity index (χ1v) is 5.04. The Kier molecular flexibility index (Phi) is 3.72. The average Bonchev–Trinajstić information content (AvgIpc) is 2.17. The highest BCUT2D eigenvalue weighted by Crippen LogP contribution is 2.18. The van der Waals surface area contributed by atoms with Crippen LogP contribution >= 0.6 is 0 Å². The Morgan fingerprint density at radius 1 is 1.33 bits per heavy atom. The first kappa shape index (κ1) is 11.6. The number of oxime groups is 1. The molecule has 0 saturated heterocycles. The van der Waals surface area contributed by atoms with Gasteiger partial charge in [-0.1, -0.05) is 23.4 Å². The standard InChI is InChI=1S/C12H18N2O/c1-10(14-15)9-12(2,3)13-11-7-5-4-6-8-11/h4-8,13,15H,9H2,1-3H3. The molecule has 0 heterocycles. The highest BCUT2D eigenvalue weighted by molar-refractivity contribution is 5.82. The monoisotopic (exact) mass is 206 g/mol. The first-order chi connectivity index (χ1) is 7.03. The fourth-order valence-electron chi connectivity index (χ4n) is 1.63. The van der Waals surface area contributed by atoms with Crippen LogP contribution in [0.1, 0.15) is 27.2 Å². The van der Waals surface area contributed by atoms with Gasteiger partial charge in [-0.2, -0.15) is 0 Å². The van der Waals surface area contributed by atoms with Crippen molar-refractivity contribution in [3.05, 3.63) is 30.3 Å². The summed E-state index contributed by atoms with van der Waals surface area (Å²) < 4.78 is 0. The number of benzene rings is 1. The van der Waals surface area contributed by atoms with Crippen molar-refractivity contribution in [1.82, 2.24) is 0 Å². The van der Waals surface area contributed by atoms with Gasteiger partial charge in [-0.25, -0.2) is 0 Å². The quantitative estimate of drug-likeness (QED) is 0.451. The van der Waals surface area contributed by atoms with E-state index in [4.69, 9.17) is 5.21 Å². The Morgan fingerprint density at radius 2 is 1.93 bits per heavy atom. The van der Waals surface area contributed by atoms with E-state index >= 15 is 0 Å². The van der Waals surface area contributed by atoms with Crippen LogP contribution in [0.2, 0.25) is 0 Å². The smallest absolute Gasteiger partial charge is 0.0563 e. The minimum absolute atomic E-state index is 0.113. The molecule has 0 unspecified atom stereocenters. The van der Waals surface area contributed by atoms with Gasteiger partial charge in [-0.3, -0.25) is 0 Å². The van der Waals surface area contributed by atoms with Crippen LogP contribution in [0.3, 0.4) is 0 Å². The first-order valence-electron chi connectivity index (χ1n) is 5.04. The normalized spacial score (nSPS) is 12.6. The molecule has 0 aromatic heterocycles. The summed E-state index contributed by atoms with van der Waals surface area (Å²) in [6, 6.07) is 10.0. The van der Waals surface area contributed by atoms with Crippen molar-refractivity contribution in [1.29, 1.82) is 0 Å². The maximum atomic E-state index is 8.62. The summed E-state index contributed by atoms with van der Waals surface area (Å²) >= 11 is 0. The van der Waals surface area contributed by atoms with Gasteiger partial charge >= 0.3 is 0 Å². The predicted octanol–water partition coefficient (Wildman–Crippen LogP) is 3.12. The van der Waals surface area contributed by atoms with Crippen LogP contribution in [0.25, 0.3) is 0 Å². The average molecular weight is 206 g/mol. The number of nitrogens with zero attached hydrogens (tertiary/aromatic N) is 1. The van der Waals surface area contributed by atoms with Crippen molar-refractivity contribution in [2.75, 3.05) is 5.32 Å². The van der Waals surface area contributed by atoms with E-state index in [1.54, 1.807) is 0 Å². The van der Waals surface area contributed by atoms with Crippen molar-refractivity contribution in [3.63, 3.8) is 0 Å². The van der Waals surface area contributed by atoms with E-state index in [2.05, 4.69) is 24.3 Å². The van der Waals surface area contributed by atoms with Crippen molar-refractivity contribution in [2.24, 2.45) is 5.16 Å². The summed E-state index contributed by atoms with van der Waals surface area (Å²) in [5, 5.41) is 15.2. The van der Waals surface area contributed by atoms with E-state index in [1.165, 1.54) is 0 Å². The van der Waals surface area contributed by atoms with Crippen LogP contribution in [0, 0.1) is 0 Å². The molecule has 0 fully saturated rings. The minimum atomic E-state index is -0.113. The Hall–Kier alpha value is -1.51. The third-order valence-electron chi connectivity index (χ3n) is 2.13. The fourth-order valence-corrected chi connectivity index (χ4v) is 1.63. The van der Waals surface area contributed by atoms with Gasteiger partial charge in [0.15, 0.2) is 0 Å². The summed E-state index contributed by atoms with van der Waals surface area (Å²) in [7, 11) is 0. The molecule has 0 radical (unpaired) electrons. The van der Waals surface area contributed by atoms with Crippen molar-refractivity contribution >= 4 is 11.4 Å². The molecule has 3 nitrogen and oxygen atoms in total. The topological polar surface area (TPSA) is 44.6 Å². The molecular weight excluding hydrogens is 188 g/mol. The predicted molar refractivity (Wildman–Crippen MR) is 63.7 cm³/mol. The Morgan fingerprint density at radius 3 is 2.47 bits per heavy atom. The molecule has 3 heteroatoms. The summed E-state index contributed by atoms with van der Waals surface area (Å²) in [5.74, 6) is 0. The van der Waals surface area contributed by atoms with E-state index in [0.29, 0.717) is 6.42 Å². The zero-order chi connectivity index (χ0) is 11.3. The number of nitrogens with one attached hydrogen (secondary N) is 1. The van der Waals surface area contributed by atoms with E-state index in [1.807, 2.05) is 37.3 Å². The van der Waals surface area contributed by atoms with E-state index in [0.717, 1.165) is 11.4 Å². The molecule has 0 bridgehead atoms. The van der Waals surface area contributed by atoms with Crippen LogP contribution in [0.15, 0.2) is 35.5 Å². The maximum absolute atomic E-state index is 8.62. The van der Waals surface area contributed by atoms with Gasteiger partial charge in [0.2, 0.25) is 0 Å². The number of rotatable bonds is 4. The minimum Gasteiger partial charge on any atom is -0.411 e. The highest BCUT2D eigenvalue weighted by atomic mass is 16.4. The van der Waals surface area contributed by atoms with Crippen LogP contribution < -0.4 is 5.32 Å². The van der Waals surface area contributed by atoms with E-state index in [9.17, 15) is 0 Å². The summed E-state index contributed by atoms with van der Waals surface area (Å²) in [6.45, 7) is 5.97. The molecule has 0 aliphatic carbocycles. The molecule has 1 rings (SSSR count). The van der Waals surface area contributed by atoms with Gasteiger partial charge in [-0.15, -0.1) is 0 Å². The van der Waals surface area contributed by atoms with Crippen LogP contribution in [0.5, 0.6) is 0 Å². The molecule has 0 aliphatic heterocycles. The lowest BCUT2D eigenvalue weighted by atomic mass is 9.97. The summed E-state index contributed by atoms with van der Waals surface area (Å²) in [5.41, 5.74) is 1.69. The number of hydrogen-bond acceptors (Lipinski definition) is 3. The number of para-hydroxylation sites is 1. The second-order valence-corrected chi connectivity index (χ2v) is 4.39. The second kappa shape index (κ2) is 4.82. The lowest BCUT2D eigenvalue weighted by Crippen LogP contribution is -2.33. The Labute approximate surface area is 90.8 Å². The van der Waals surface area contributed by atoms with Gasteiger partial charge in [0.05, 0.1) is 5.71 Å². The van der Waals surface area contributed by atoms with Gasteiger partial charge in [0.1, 0.15) is 0 Å². The molecule has 0 atom stereocenters. The SMILES string of the molecule is CC(CC(C)(C)Nc1ccccc1)=NO. The van der Waals surface area contributed by atoms with Crippen molar-refractivity contribution < 1.29 is 5.21 Å². The molecule has 0 amide bonds. The largest absolute Gasteiger partial charge is 0.411 e. The lowest BCUT2D eigenvalue weighted by molar-refractivity contribution is 0.316. The highest BCUT2D eigenvalue weighted by Gasteiger charge is 2.18. The number of anilines is 1. The van der Waals surface area contributed by atoms with Gasteiger partial charge in [0.25, 0.3) is 0 Å². The zero-order valence-electron chi connectivity index (χ0n) is 9.49. The Bertz CT molecular complexity index is 331. The van der Waals surface area contributed by atoms with E-state index in [-0.39, 0.29) is 5.54 Å². The van der Waals surface area contributed by atoms with Gasteiger partial charge in [-0.05, 0) is 32.9 Å². The molecule has 0 spiro atoms. The lowest BCUT2D eigenvalue weighted by Gasteiger charge is -2.27. The van der Waals surface area contributed by atoms with Crippen molar-refractivity contribution in [3.8, 4) is 0 Å². The zero-order valence-corrected chi connectivity index (χ0v) is 9.49. The van der Waals surface area contributed by atoms with Gasteiger partial charge < -0.3 is 10.5 Å². The number of hydrogen-bond donors (Lipinski definition) is 2. The molecule has 2 N–H and O–H groups in total. The van der Waals surface area contributed by atoms with Crippen LogP contribution in [0.4, 0.5) is 5.69 Å². The molecule has 1 aromatic carbocycles.